The lowest BCUT2D eigenvalue weighted by Crippen LogP contribution is -2.45. The number of hydrogen-bond donors (Lipinski definition) is 3. The molecule has 0 radical (unpaired) electrons. The van der Waals surface area contributed by atoms with Crippen molar-refractivity contribution in [3.63, 3.8) is 0 Å². The van der Waals surface area contributed by atoms with Crippen LogP contribution in [0.25, 0.3) is 0 Å². The average molecular weight is 269 g/mol. The van der Waals surface area contributed by atoms with Crippen molar-refractivity contribution in [1.82, 2.24) is 9.44 Å². The van der Waals surface area contributed by atoms with E-state index in [-0.39, 0.29) is 18.0 Å². The molecule has 7 nitrogen and oxygen atoms in total. The van der Waals surface area contributed by atoms with Gasteiger partial charge in [0.05, 0.1) is 11.6 Å². The van der Waals surface area contributed by atoms with E-state index in [4.69, 9.17) is 5.73 Å². The summed E-state index contributed by atoms with van der Waals surface area (Å²) in [5.74, 6) is 0. The fourth-order valence-corrected chi connectivity index (χ4v) is 2.11. The van der Waals surface area contributed by atoms with Gasteiger partial charge in [-0.3, -0.25) is 0 Å². The third-order valence-electron chi connectivity index (χ3n) is 1.36. The van der Waals surface area contributed by atoms with Crippen molar-refractivity contribution in [2.24, 2.45) is 5.73 Å². The van der Waals surface area contributed by atoms with E-state index >= 15 is 0 Å². The molecular formula is C7H15N3O4S2. The van der Waals surface area contributed by atoms with Crippen LogP contribution in [0.4, 0.5) is 4.79 Å². The molecule has 0 rings (SSSR count). The molecule has 4 N–H and O–H groups in total. The molecule has 0 aromatic heterocycles. The first-order valence-corrected chi connectivity index (χ1v) is 6.41. The Labute approximate surface area is 99.9 Å². The molecule has 1 atom stereocenters. The Balaban J connectivity index is 4.24. The normalized spacial score (nSPS) is 12.9. The summed E-state index contributed by atoms with van der Waals surface area (Å²) in [7, 11) is -3.94. The van der Waals surface area contributed by atoms with Gasteiger partial charge in [0.2, 0.25) is 0 Å². The van der Waals surface area contributed by atoms with Gasteiger partial charge in [-0.15, -0.1) is 0 Å². The van der Waals surface area contributed by atoms with Crippen LogP contribution in [0.1, 0.15) is 20.3 Å². The van der Waals surface area contributed by atoms with E-state index in [1.807, 2.05) is 0 Å². The molecule has 0 aromatic carbocycles. The highest BCUT2D eigenvalue weighted by Crippen LogP contribution is 1.93. The molecule has 0 bridgehead atoms. The minimum atomic E-state index is -3.94. The Morgan fingerprint density at radius 1 is 1.56 bits per heavy atom. The highest BCUT2D eigenvalue weighted by molar-refractivity contribution is 7.88. The maximum Gasteiger partial charge on any atom is 0.421 e. The maximum atomic E-state index is 11.3. The highest BCUT2D eigenvalue weighted by Gasteiger charge is 2.18. The summed E-state index contributed by atoms with van der Waals surface area (Å²) in [6, 6.07) is -0.496. The summed E-state index contributed by atoms with van der Waals surface area (Å²) in [6.07, 6.45) is -0.823. The largest absolute Gasteiger partial charge is 0.449 e. The molecule has 0 aliphatic carbocycles. The molecule has 0 saturated heterocycles. The molecule has 0 aliphatic rings. The van der Waals surface area contributed by atoms with Gasteiger partial charge in [-0.05, 0) is 13.8 Å². The van der Waals surface area contributed by atoms with Gasteiger partial charge in [-0.1, -0.05) is 12.2 Å². The number of rotatable bonds is 6. The molecule has 1 amide bonds. The molecular weight excluding hydrogens is 254 g/mol. The van der Waals surface area contributed by atoms with Crippen LogP contribution in [0.3, 0.4) is 0 Å². The molecule has 0 aliphatic heterocycles. The number of nitrogens with two attached hydrogens (primary N) is 1. The Morgan fingerprint density at radius 3 is 2.56 bits per heavy atom. The van der Waals surface area contributed by atoms with Crippen LogP contribution in [-0.2, 0) is 14.9 Å². The Kier molecular flexibility index (Phi) is 6.22. The second-order valence-electron chi connectivity index (χ2n) is 3.02. The predicted molar refractivity (Wildman–Crippen MR) is 63.1 cm³/mol. The SMILES string of the molecule is CCOC(=O)NS(=O)(=O)NC(C)CC(N)=S. The van der Waals surface area contributed by atoms with Crippen molar-refractivity contribution in [3.8, 4) is 0 Å². The van der Waals surface area contributed by atoms with Crippen LogP contribution in [0, 0.1) is 0 Å². The number of hydrogen-bond acceptors (Lipinski definition) is 5. The molecule has 0 spiro atoms. The summed E-state index contributed by atoms with van der Waals surface area (Å²) < 4.78 is 30.9. The second-order valence-corrected chi connectivity index (χ2v) is 4.99. The molecule has 16 heavy (non-hydrogen) atoms. The number of thiocarbonyl (C=S) groups is 1. The third kappa shape index (κ3) is 7.37. The van der Waals surface area contributed by atoms with Crippen molar-refractivity contribution in [2.45, 2.75) is 26.3 Å². The van der Waals surface area contributed by atoms with Crippen molar-refractivity contribution >= 4 is 33.5 Å². The van der Waals surface area contributed by atoms with E-state index in [9.17, 15) is 13.2 Å². The van der Waals surface area contributed by atoms with Crippen LogP contribution in [0.5, 0.6) is 0 Å². The van der Waals surface area contributed by atoms with Gasteiger partial charge >= 0.3 is 16.3 Å². The molecule has 94 valence electrons. The van der Waals surface area contributed by atoms with Gasteiger partial charge < -0.3 is 10.5 Å². The highest BCUT2D eigenvalue weighted by atomic mass is 32.2. The van der Waals surface area contributed by atoms with Crippen LogP contribution in [0.15, 0.2) is 0 Å². The van der Waals surface area contributed by atoms with Crippen LogP contribution >= 0.6 is 12.2 Å². The van der Waals surface area contributed by atoms with E-state index in [1.54, 1.807) is 18.6 Å². The van der Waals surface area contributed by atoms with Crippen molar-refractivity contribution in [2.75, 3.05) is 6.61 Å². The average Bonchev–Trinajstić information content (AvgIpc) is 1.98. The third-order valence-corrected chi connectivity index (χ3v) is 2.67. The van der Waals surface area contributed by atoms with Gasteiger partial charge in [0.25, 0.3) is 0 Å². The lowest BCUT2D eigenvalue weighted by molar-refractivity contribution is 0.158. The first-order valence-electron chi connectivity index (χ1n) is 4.52. The molecule has 0 aromatic rings. The van der Waals surface area contributed by atoms with E-state index < -0.39 is 22.3 Å². The minimum absolute atomic E-state index is 0.0871. The number of nitrogens with one attached hydrogen (secondary N) is 2. The summed E-state index contributed by atoms with van der Waals surface area (Å²) in [4.78, 5) is 11.0. The maximum absolute atomic E-state index is 11.3. The first kappa shape index (κ1) is 15.1. The van der Waals surface area contributed by atoms with Gasteiger partial charge in [-0.25, -0.2) is 9.52 Å². The zero-order valence-corrected chi connectivity index (χ0v) is 10.7. The lowest BCUT2D eigenvalue weighted by atomic mass is 10.3. The summed E-state index contributed by atoms with van der Waals surface area (Å²) in [5, 5.41) is 0. The number of carbonyl (C=O) groups excluding carboxylic acids is 1. The minimum Gasteiger partial charge on any atom is -0.449 e. The molecule has 1 unspecified atom stereocenters. The topological polar surface area (TPSA) is 111 Å². The predicted octanol–water partition coefficient (Wildman–Crippen LogP) is -0.368. The smallest absolute Gasteiger partial charge is 0.421 e. The molecule has 9 heteroatoms. The zero-order chi connectivity index (χ0) is 12.8. The van der Waals surface area contributed by atoms with Gasteiger partial charge in [0.15, 0.2) is 0 Å². The fraction of sp³-hybridized carbons (Fsp3) is 0.714. The zero-order valence-electron chi connectivity index (χ0n) is 9.02. The fourth-order valence-electron chi connectivity index (χ4n) is 0.908. The van der Waals surface area contributed by atoms with Crippen LogP contribution in [-0.4, -0.2) is 32.1 Å². The Hall–Kier alpha value is -0.930. The lowest BCUT2D eigenvalue weighted by Gasteiger charge is -2.13. The summed E-state index contributed by atoms with van der Waals surface area (Å²) in [5.41, 5.74) is 5.25. The Morgan fingerprint density at radius 2 is 2.12 bits per heavy atom. The number of carbonyl (C=O) groups is 1. The second kappa shape index (κ2) is 6.61. The molecule has 0 saturated carbocycles. The summed E-state index contributed by atoms with van der Waals surface area (Å²) >= 11 is 4.62. The van der Waals surface area contributed by atoms with Gasteiger partial charge in [-0.2, -0.15) is 13.1 Å². The van der Waals surface area contributed by atoms with Crippen LogP contribution < -0.4 is 15.2 Å². The van der Waals surface area contributed by atoms with Crippen molar-refractivity contribution < 1.29 is 17.9 Å². The number of amides is 1. The number of ether oxygens (including phenoxy) is 1. The quantitative estimate of drug-likeness (QED) is 0.567. The molecule has 0 fully saturated rings. The first-order chi connectivity index (χ1) is 7.26. The van der Waals surface area contributed by atoms with E-state index in [0.29, 0.717) is 0 Å². The standard InChI is InChI=1S/C7H15N3O4S2/c1-3-14-7(11)10-16(12,13)9-5(2)4-6(8)15/h5,9H,3-4H2,1-2H3,(H2,8,15)(H,10,11). The van der Waals surface area contributed by atoms with Crippen molar-refractivity contribution in [1.29, 1.82) is 0 Å². The van der Waals surface area contributed by atoms with Gasteiger partial charge in [0, 0.05) is 12.5 Å². The Bertz CT molecular complexity index is 355. The van der Waals surface area contributed by atoms with E-state index in [0.717, 1.165) is 0 Å². The van der Waals surface area contributed by atoms with E-state index in [1.165, 1.54) is 0 Å². The summed E-state index contributed by atoms with van der Waals surface area (Å²) in [6.45, 7) is 3.22. The van der Waals surface area contributed by atoms with E-state index in [2.05, 4.69) is 21.7 Å². The van der Waals surface area contributed by atoms with Crippen molar-refractivity contribution in [3.05, 3.63) is 0 Å². The van der Waals surface area contributed by atoms with Gasteiger partial charge in [0.1, 0.15) is 0 Å². The monoisotopic (exact) mass is 269 g/mol. The van der Waals surface area contributed by atoms with Crippen LogP contribution in [0.2, 0.25) is 0 Å². The molecule has 0 heterocycles.